The van der Waals surface area contributed by atoms with Crippen molar-refractivity contribution >= 4 is 11.9 Å². The van der Waals surface area contributed by atoms with E-state index in [0.29, 0.717) is 12.8 Å². The molecule has 0 spiro atoms. The summed E-state index contributed by atoms with van der Waals surface area (Å²) in [6.45, 7) is 0. The minimum Gasteiger partial charge on any atom is -0.479 e. The number of rotatable bonds is 5. The van der Waals surface area contributed by atoms with E-state index in [9.17, 15) is 9.59 Å². The second kappa shape index (κ2) is 7.27. The Hall–Kier alpha value is -2.66. The first-order chi connectivity index (χ1) is 11.6. The second-order valence-electron chi connectivity index (χ2n) is 5.79. The number of ether oxygens (including phenoxy) is 1. The van der Waals surface area contributed by atoms with Crippen molar-refractivity contribution in [2.45, 2.75) is 31.1 Å². The Morgan fingerprint density at radius 2 is 1.42 bits per heavy atom. The number of carbonyl (C=O) groups is 2. The Morgan fingerprint density at radius 1 is 0.917 bits per heavy atom. The molecule has 2 aromatic rings. The van der Waals surface area contributed by atoms with Gasteiger partial charge in [-0.2, -0.15) is 0 Å². The van der Waals surface area contributed by atoms with Crippen LogP contribution in [0.15, 0.2) is 60.7 Å². The molecule has 0 unspecified atom stereocenters. The van der Waals surface area contributed by atoms with Crippen LogP contribution in [-0.4, -0.2) is 29.2 Å². The molecule has 1 aliphatic heterocycles. The normalized spacial score (nSPS) is 20.0. The molecule has 3 rings (SSSR count). The Bertz CT molecular complexity index is 662. The molecule has 0 radical (unpaired) electrons. The van der Waals surface area contributed by atoms with E-state index in [2.05, 4.69) is 5.32 Å². The predicted molar refractivity (Wildman–Crippen MR) is 88.4 cm³/mol. The smallest absolute Gasteiger partial charge is 0.332 e. The van der Waals surface area contributed by atoms with Crippen molar-refractivity contribution in [1.29, 1.82) is 0 Å². The summed E-state index contributed by atoms with van der Waals surface area (Å²) in [5.74, 6) is -1.30. The van der Waals surface area contributed by atoms with Crippen LogP contribution >= 0.6 is 0 Å². The highest BCUT2D eigenvalue weighted by molar-refractivity contribution is 5.83. The average Bonchev–Trinajstić information content (AvgIpc) is 3.11. The van der Waals surface area contributed by atoms with Gasteiger partial charge in [-0.25, -0.2) is 4.79 Å². The van der Waals surface area contributed by atoms with Crippen LogP contribution in [-0.2, 0) is 14.3 Å². The third kappa shape index (κ3) is 3.63. The topological polar surface area (TPSA) is 75.6 Å². The Morgan fingerprint density at radius 3 is 1.88 bits per heavy atom. The quantitative estimate of drug-likeness (QED) is 0.886. The van der Waals surface area contributed by atoms with Gasteiger partial charge in [-0.3, -0.25) is 4.79 Å². The summed E-state index contributed by atoms with van der Waals surface area (Å²) < 4.78 is 5.35. The summed E-state index contributed by atoms with van der Waals surface area (Å²) in [5.41, 5.74) is 1.93. The molecule has 1 aliphatic rings. The lowest BCUT2D eigenvalue weighted by Gasteiger charge is -2.22. The molecule has 0 aliphatic carbocycles. The van der Waals surface area contributed by atoms with E-state index in [0.717, 1.165) is 11.1 Å². The minimum absolute atomic E-state index is 0.281. The molecule has 124 valence electrons. The monoisotopic (exact) mass is 325 g/mol. The Labute approximate surface area is 140 Å². The zero-order valence-corrected chi connectivity index (χ0v) is 13.1. The zero-order chi connectivity index (χ0) is 16.9. The third-order valence-corrected chi connectivity index (χ3v) is 4.14. The highest BCUT2D eigenvalue weighted by atomic mass is 16.5. The van der Waals surface area contributed by atoms with Gasteiger partial charge in [-0.05, 0) is 24.0 Å². The largest absolute Gasteiger partial charge is 0.479 e. The van der Waals surface area contributed by atoms with E-state index < -0.39 is 18.2 Å². The van der Waals surface area contributed by atoms with Gasteiger partial charge in [0, 0.05) is 0 Å². The van der Waals surface area contributed by atoms with Gasteiger partial charge < -0.3 is 15.2 Å². The van der Waals surface area contributed by atoms with E-state index in [1.807, 2.05) is 60.7 Å². The number of hydrogen-bond acceptors (Lipinski definition) is 3. The van der Waals surface area contributed by atoms with Gasteiger partial charge in [0.1, 0.15) is 6.10 Å². The molecule has 2 atom stereocenters. The van der Waals surface area contributed by atoms with Gasteiger partial charge in [0.05, 0.1) is 6.04 Å². The van der Waals surface area contributed by atoms with Gasteiger partial charge in [0.25, 0.3) is 0 Å². The molecule has 2 aromatic carbocycles. The van der Waals surface area contributed by atoms with Crippen molar-refractivity contribution in [3.8, 4) is 0 Å². The van der Waals surface area contributed by atoms with Crippen LogP contribution < -0.4 is 5.32 Å². The summed E-state index contributed by atoms with van der Waals surface area (Å²) in [5, 5.41) is 12.0. The lowest BCUT2D eigenvalue weighted by atomic mass is 9.98. The first-order valence-corrected chi connectivity index (χ1v) is 7.93. The van der Waals surface area contributed by atoms with Gasteiger partial charge in [-0.15, -0.1) is 0 Å². The van der Waals surface area contributed by atoms with Crippen LogP contribution in [0.1, 0.15) is 30.0 Å². The van der Waals surface area contributed by atoms with Gasteiger partial charge in [0.15, 0.2) is 6.10 Å². The molecule has 1 fully saturated rings. The van der Waals surface area contributed by atoms with Crippen LogP contribution in [0.3, 0.4) is 0 Å². The van der Waals surface area contributed by atoms with Crippen molar-refractivity contribution in [3.05, 3.63) is 71.8 Å². The molecule has 5 nitrogen and oxygen atoms in total. The van der Waals surface area contributed by atoms with E-state index in [1.165, 1.54) is 0 Å². The molecule has 24 heavy (non-hydrogen) atoms. The Kier molecular flexibility index (Phi) is 4.91. The number of aliphatic carboxylic acids is 1. The summed E-state index contributed by atoms with van der Waals surface area (Å²) in [6, 6.07) is 19.0. The van der Waals surface area contributed by atoms with Crippen molar-refractivity contribution in [3.63, 3.8) is 0 Å². The summed E-state index contributed by atoms with van der Waals surface area (Å²) in [7, 11) is 0. The number of hydrogen-bond donors (Lipinski definition) is 2. The molecule has 1 heterocycles. The predicted octanol–water partition coefficient (Wildman–Crippen LogP) is 2.52. The highest BCUT2D eigenvalue weighted by Crippen LogP contribution is 2.25. The third-order valence-electron chi connectivity index (χ3n) is 4.14. The molecule has 0 saturated carbocycles. The van der Waals surface area contributed by atoms with Gasteiger partial charge in [-0.1, -0.05) is 60.7 Å². The summed E-state index contributed by atoms with van der Waals surface area (Å²) >= 11 is 0. The van der Waals surface area contributed by atoms with Crippen molar-refractivity contribution in [2.75, 3.05) is 0 Å². The molecule has 1 amide bonds. The number of carboxylic acid groups (broad SMARTS) is 1. The molecule has 1 saturated heterocycles. The van der Waals surface area contributed by atoms with E-state index in [1.54, 1.807) is 0 Å². The van der Waals surface area contributed by atoms with Crippen LogP contribution in [0.25, 0.3) is 0 Å². The molecule has 2 N–H and O–H groups in total. The number of nitrogens with one attached hydrogen (secondary N) is 1. The van der Waals surface area contributed by atoms with Gasteiger partial charge >= 0.3 is 5.97 Å². The van der Waals surface area contributed by atoms with E-state index in [-0.39, 0.29) is 11.9 Å². The average molecular weight is 325 g/mol. The summed E-state index contributed by atoms with van der Waals surface area (Å²) in [4.78, 5) is 23.5. The molecule has 0 aromatic heterocycles. The van der Waals surface area contributed by atoms with Crippen molar-refractivity contribution < 1.29 is 19.4 Å². The molecule has 5 heteroatoms. The first-order valence-electron chi connectivity index (χ1n) is 7.93. The molecule has 0 bridgehead atoms. The zero-order valence-electron chi connectivity index (χ0n) is 13.1. The van der Waals surface area contributed by atoms with Crippen LogP contribution in [0, 0.1) is 0 Å². The van der Waals surface area contributed by atoms with Crippen LogP contribution in [0.5, 0.6) is 0 Å². The fourth-order valence-corrected chi connectivity index (χ4v) is 2.90. The number of amides is 1. The fourth-order valence-electron chi connectivity index (χ4n) is 2.90. The van der Waals surface area contributed by atoms with Crippen molar-refractivity contribution in [1.82, 2.24) is 5.32 Å². The maximum atomic E-state index is 12.5. The highest BCUT2D eigenvalue weighted by Gasteiger charge is 2.35. The maximum Gasteiger partial charge on any atom is 0.332 e. The number of carbonyl (C=O) groups excluding carboxylic acids is 1. The standard InChI is InChI=1S/C19H19NO4/c21-18(15-11-12-16(24-15)19(22)23)20-17(13-7-3-1-4-8-13)14-9-5-2-6-10-14/h1-10,15-17H,11-12H2,(H,20,21)(H,22,23)/t15-,16+/m0/s1. The van der Waals surface area contributed by atoms with Gasteiger partial charge in [0.2, 0.25) is 5.91 Å². The SMILES string of the molecule is O=C(NC(c1ccccc1)c1ccccc1)[C@@H]1CC[C@H](C(=O)O)O1. The molecular formula is C19H19NO4. The second-order valence-corrected chi connectivity index (χ2v) is 5.79. The first kappa shape index (κ1) is 16.2. The van der Waals surface area contributed by atoms with Crippen LogP contribution in [0.2, 0.25) is 0 Å². The lowest BCUT2D eigenvalue weighted by Crippen LogP contribution is -2.38. The maximum absolute atomic E-state index is 12.5. The minimum atomic E-state index is -1.02. The Balaban J connectivity index is 1.78. The summed E-state index contributed by atoms with van der Waals surface area (Å²) in [6.07, 6.45) is -0.845. The van der Waals surface area contributed by atoms with Crippen LogP contribution in [0.4, 0.5) is 0 Å². The molecular weight excluding hydrogens is 306 g/mol. The van der Waals surface area contributed by atoms with E-state index in [4.69, 9.17) is 9.84 Å². The van der Waals surface area contributed by atoms with Crippen molar-refractivity contribution in [2.24, 2.45) is 0 Å². The number of benzene rings is 2. The lowest BCUT2D eigenvalue weighted by molar-refractivity contribution is -0.151. The number of carboxylic acids is 1. The van der Waals surface area contributed by atoms with E-state index >= 15 is 0 Å². The fraction of sp³-hybridized carbons (Fsp3) is 0.263.